The fraction of sp³-hybridized carbons (Fsp3) is 0.579. The van der Waals surface area contributed by atoms with Crippen molar-refractivity contribution in [1.29, 1.82) is 0 Å². The number of carbonyl (C=O) groups excluding carboxylic acids is 2. The molecule has 1 aliphatic rings. The maximum atomic E-state index is 12.2. The first kappa shape index (κ1) is 19.1. The molecule has 138 valence electrons. The van der Waals surface area contributed by atoms with Crippen LogP contribution < -0.4 is 20.3 Å². The van der Waals surface area contributed by atoms with E-state index in [-0.39, 0.29) is 11.9 Å². The quantitative estimate of drug-likeness (QED) is 0.700. The number of hydrogen-bond acceptors (Lipinski definition) is 3. The molecule has 1 aromatic carbocycles. The summed E-state index contributed by atoms with van der Waals surface area (Å²) >= 11 is 0. The van der Waals surface area contributed by atoms with Crippen molar-refractivity contribution in [3.8, 4) is 5.75 Å². The third-order valence-corrected chi connectivity index (χ3v) is 4.37. The van der Waals surface area contributed by atoms with E-state index in [4.69, 9.17) is 4.74 Å². The molecular weight excluding hydrogens is 318 g/mol. The van der Waals surface area contributed by atoms with Crippen molar-refractivity contribution in [1.82, 2.24) is 5.32 Å². The van der Waals surface area contributed by atoms with E-state index in [0.717, 1.165) is 25.7 Å². The normalized spacial score (nSPS) is 14.3. The van der Waals surface area contributed by atoms with Gasteiger partial charge in [-0.15, -0.1) is 0 Å². The van der Waals surface area contributed by atoms with Crippen molar-refractivity contribution < 1.29 is 14.3 Å². The van der Waals surface area contributed by atoms with Gasteiger partial charge in [0, 0.05) is 25.2 Å². The van der Waals surface area contributed by atoms with Crippen molar-refractivity contribution in [3.63, 3.8) is 0 Å². The zero-order valence-electron chi connectivity index (χ0n) is 15.3. The predicted molar refractivity (Wildman–Crippen MR) is 100 cm³/mol. The molecule has 2 rings (SSSR count). The van der Waals surface area contributed by atoms with Crippen LogP contribution in [-0.4, -0.2) is 32.1 Å². The van der Waals surface area contributed by atoms with Crippen LogP contribution >= 0.6 is 0 Å². The van der Waals surface area contributed by atoms with Gasteiger partial charge in [-0.25, -0.2) is 4.79 Å². The molecule has 25 heavy (non-hydrogen) atoms. The second kappa shape index (κ2) is 9.91. The molecule has 0 aliphatic carbocycles. The molecule has 0 saturated carbocycles. The van der Waals surface area contributed by atoms with Gasteiger partial charge < -0.3 is 20.3 Å². The summed E-state index contributed by atoms with van der Waals surface area (Å²) in [6.45, 7) is 3.51. The molecule has 1 fully saturated rings. The van der Waals surface area contributed by atoms with E-state index in [1.54, 1.807) is 30.2 Å². The summed E-state index contributed by atoms with van der Waals surface area (Å²) in [5.41, 5.74) is 1.37. The van der Waals surface area contributed by atoms with Crippen LogP contribution in [0.5, 0.6) is 5.75 Å². The van der Waals surface area contributed by atoms with Gasteiger partial charge in [-0.05, 0) is 37.5 Å². The number of amides is 3. The minimum absolute atomic E-state index is 0.0991. The minimum atomic E-state index is -0.224. The third kappa shape index (κ3) is 5.66. The SMILES string of the molecule is CCCCCCNC(=O)Nc1ccc(OC)c(N2CCCCC2=O)c1. The number of urea groups is 1. The summed E-state index contributed by atoms with van der Waals surface area (Å²) in [5, 5.41) is 5.70. The van der Waals surface area contributed by atoms with E-state index >= 15 is 0 Å². The number of piperidine rings is 1. The first-order valence-corrected chi connectivity index (χ1v) is 9.19. The number of methoxy groups -OCH3 is 1. The predicted octanol–water partition coefficient (Wildman–Crippen LogP) is 3.91. The molecule has 2 N–H and O–H groups in total. The molecule has 6 heteroatoms. The molecule has 3 amide bonds. The smallest absolute Gasteiger partial charge is 0.319 e. The lowest BCUT2D eigenvalue weighted by molar-refractivity contribution is -0.119. The zero-order valence-corrected chi connectivity index (χ0v) is 15.3. The van der Waals surface area contributed by atoms with Crippen LogP contribution in [0.25, 0.3) is 0 Å². The van der Waals surface area contributed by atoms with E-state index < -0.39 is 0 Å². The second-order valence-electron chi connectivity index (χ2n) is 6.33. The third-order valence-electron chi connectivity index (χ3n) is 4.37. The first-order valence-electron chi connectivity index (χ1n) is 9.19. The van der Waals surface area contributed by atoms with Crippen molar-refractivity contribution in [2.45, 2.75) is 51.9 Å². The Morgan fingerprint density at radius 1 is 1.24 bits per heavy atom. The number of anilines is 2. The number of carbonyl (C=O) groups is 2. The molecule has 6 nitrogen and oxygen atoms in total. The Morgan fingerprint density at radius 2 is 2.08 bits per heavy atom. The fourth-order valence-corrected chi connectivity index (χ4v) is 2.97. The summed E-state index contributed by atoms with van der Waals surface area (Å²) in [6.07, 6.45) is 6.93. The monoisotopic (exact) mass is 347 g/mol. The number of nitrogens with one attached hydrogen (secondary N) is 2. The minimum Gasteiger partial charge on any atom is -0.495 e. The summed E-state index contributed by atoms with van der Waals surface area (Å²) in [7, 11) is 1.59. The van der Waals surface area contributed by atoms with Gasteiger partial charge in [-0.3, -0.25) is 4.79 Å². The lowest BCUT2D eigenvalue weighted by atomic mass is 10.1. The molecule has 1 saturated heterocycles. The number of benzene rings is 1. The molecule has 0 spiro atoms. The highest BCUT2D eigenvalue weighted by Crippen LogP contribution is 2.33. The van der Waals surface area contributed by atoms with Gasteiger partial charge >= 0.3 is 6.03 Å². The Bertz CT molecular complexity index is 589. The summed E-state index contributed by atoms with van der Waals surface area (Å²) < 4.78 is 5.39. The van der Waals surface area contributed by atoms with Gasteiger partial charge in [0.2, 0.25) is 5.91 Å². The Hall–Kier alpha value is -2.24. The van der Waals surface area contributed by atoms with Gasteiger partial charge in [-0.2, -0.15) is 0 Å². The number of hydrogen-bond donors (Lipinski definition) is 2. The number of nitrogens with zero attached hydrogens (tertiary/aromatic N) is 1. The van der Waals surface area contributed by atoms with Crippen molar-refractivity contribution in [3.05, 3.63) is 18.2 Å². The van der Waals surface area contributed by atoms with Gasteiger partial charge in [0.25, 0.3) is 0 Å². The summed E-state index contributed by atoms with van der Waals surface area (Å²) in [4.78, 5) is 26.0. The molecular formula is C19H29N3O3. The molecule has 0 unspecified atom stereocenters. The summed E-state index contributed by atoms with van der Waals surface area (Å²) in [5.74, 6) is 0.739. The topological polar surface area (TPSA) is 70.7 Å². The van der Waals surface area contributed by atoms with Crippen molar-refractivity contribution in [2.24, 2.45) is 0 Å². The van der Waals surface area contributed by atoms with Crippen molar-refractivity contribution >= 4 is 23.3 Å². The average Bonchev–Trinajstić information content (AvgIpc) is 2.62. The molecule has 1 aromatic rings. The highest BCUT2D eigenvalue weighted by molar-refractivity contribution is 5.97. The van der Waals surface area contributed by atoms with Gasteiger partial charge in [0.15, 0.2) is 0 Å². The Labute approximate surface area is 149 Å². The van der Waals surface area contributed by atoms with Crippen LogP contribution in [0.1, 0.15) is 51.9 Å². The molecule has 0 aromatic heterocycles. The van der Waals surface area contributed by atoms with E-state index in [1.165, 1.54) is 12.8 Å². The maximum Gasteiger partial charge on any atom is 0.319 e. The van der Waals surface area contributed by atoms with Crippen LogP contribution in [0, 0.1) is 0 Å². The van der Waals surface area contributed by atoms with Crippen molar-refractivity contribution in [2.75, 3.05) is 30.4 Å². The van der Waals surface area contributed by atoms with E-state index in [2.05, 4.69) is 17.6 Å². The first-order chi connectivity index (χ1) is 12.2. The van der Waals surface area contributed by atoms with E-state index in [9.17, 15) is 9.59 Å². The highest BCUT2D eigenvalue weighted by atomic mass is 16.5. The van der Waals surface area contributed by atoms with Gasteiger partial charge in [0.1, 0.15) is 5.75 Å². The van der Waals surface area contributed by atoms with Crippen LogP contribution in [-0.2, 0) is 4.79 Å². The lowest BCUT2D eigenvalue weighted by Gasteiger charge is -2.28. The number of unbranched alkanes of at least 4 members (excludes halogenated alkanes) is 3. The lowest BCUT2D eigenvalue weighted by Crippen LogP contribution is -2.35. The molecule has 0 radical (unpaired) electrons. The van der Waals surface area contributed by atoms with Crippen LogP contribution in [0.15, 0.2) is 18.2 Å². The Balaban J connectivity index is 1.98. The second-order valence-corrected chi connectivity index (χ2v) is 6.33. The average molecular weight is 347 g/mol. The zero-order chi connectivity index (χ0) is 18.1. The van der Waals surface area contributed by atoms with Crippen LogP contribution in [0.4, 0.5) is 16.2 Å². The van der Waals surface area contributed by atoms with E-state index in [1.807, 2.05) is 0 Å². The molecule has 0 bridgehead atoms. The number of ether oxygens (including phenoxy) is 1. The molecule has 0 atom stereocenters. The van der Waals surface area contributed by atoms with Gasteiger partial charge in [-0.1, -0.05) is 26.2 Å². The fourth-order valence-electron chi connectivity index (χ4n) is 2.97. The molecule has 1 aliphatic heterocycles. The van der Waals surface area contributed by atoms with E-state index in [0.29, 0.717) is 36.6 Å². The Kier molecular flexibility index (Phi) is 7.57. The standard InChI is InChI=1S/C19H29N3O3/c1-3-4-5-7-12-20-19(24)21-15-10-11-17(25-2)16(14-15)22-13-8-6-9-18(22)23/h10-11,14H,3-9,12-13H2,1-2H3,(H2,20,21,24). The number of rotatable bonds is 8. The highest BCUT2D eigenvalue weighted by Gasteiger charge is 2.23. The Morgan fingerprint density at radius 3 is 2.80 bits per heavy atom. The van der Waals surface area contributed by atoms with Crippen LogP contribution in [0.2, 0.25) is 0 Å². The largest absolute Gasteiger partial charge is 0.495 e. The maximum absolute atomic E-state index is 12.2. The molecule has 1 heterocycles. The van der Waals surface area contributed by atoms with Crippen LogP contribution in [0.3, 0.4) is 0 Å². The van der Waals surface area contributed by atoms with Gasteiger partial charge in [0.05, 0.1) is 12.8 Å². The summed E-state index contributed by atoms with van der Waals surface area (Å²) in [6, 6.07) is 5.15.